The summed E-state index contributed by atoms with van der Waals surface area (Å²) in [6, 6.07) is 5.76. The molecule has 3 nitrogen and oxygen atoms in total. The van der Waals surface area contributed by atoms with Crippen molar-refractivity contribution in [3.05, 3.63) is 52.8 Å². The number of rotatable bonds is 4. The number of aryl methyl sites for hydroxylation is 2. The Hall–Kier alpha value is -1.07. The van der Waals surface area contributed by atoms with Crippen molar-refractivity contribution in [2.24, 2.45) is 5.92 Å². The Morgan fingerprint density at radius 2 is 1.83 bits per heavy atom. The molecule has 2 rings (SSSR count). The lowest BCUT2D eigenvalue weighted by atomic mass is 9.88. The van der Waals surface area contributed by atoms with Gasteiger partial charge in [0, 0.05) is 0 Å². The number of allylic oxidation sites excluding steroid dienone is 2. The van der Waals surface area contributed by atoms with E-state index in [-0.39, 0.29) is 5.97 Å². The maximum atomic E-state index is 12.8. The van der Waals surface area contributed by atoms with Crippen LogP contribution in [0, 0.1) is 19.8 Å². The molecule has 0 radical (unpaired) electrons. The topological polar surface area (TPSA) is 35.5 Å². The van der Waals surface area contributed by atoms with Crippen molar-refractivity contribution in [3.63, 3.8) is 0 Å². The highest BCUT2D eigenvalue weighted by molar-refractivity contribution is 9.25. The summed E-state index contributed by atoms with van der Waals surface area (Å²) in [5, 5.41) is 0. The summed E-state index contributed by atoms with van der Waals surface area (Å²) in [5.41, 5.74) is 3.02. The molecule has 1 aromatic carbocycles. The van der Waals surface area contributed by atoms with Gasteiger partial charge >= 0.3 is 5.97 Å². The van der Waals surface area contributed by atoms with E-state index in [4.69, 9.17) is 9.47 Å². The quantitative estimate of drug-likeness (QED) is 0.364. The second-order valence-corrected chi connectivity index (χ2v) is 9.32. The van der Waals surface area contributed by atoms with Gasteiger partial charge in [-0.1, -0.05) is 50.9 Å². The number of carbonyl (C=O) groups is 1. The van der Waals surface area contributed by atoms with E-state index in [1.807, 2.05) is 51.1 Å². The molecule has 0 saturated carbocycles. The van der Waals surface area contributed by atoms with Crippen LogP contribution in [-0.4, -0.2) is 16.3 Å². The molecule has 5 heteroatoms. The number of hydrogen-bond acceptors (Lipinski definition) is 3. The standard InChI is InChI=1S/C18H20Br2O3/c1-5-14-15(22-4)6-7-18(19,20)16(14)17(21)23-13-9-11(2)8-12(3)10-13/h6-10,16H,5H2,1-4H3. The zero-order chi connectivity index (χ0) is 17.2. The van der Waals surface area contributed by atoms with E-state index in [0.29, 0.717) is 17.9 Å². The van der Waals surface area contributed by atoms with Crippen molar-refractivity contribution < 1.29 is 14.3 Å². The number of carbonyl (C=O) groups excluding carboxylic acids is 1. The first-order valence-electron chi connectivity index (χ1n) is 7.42. The molecule has 0 heterocycles. The molecule has 0 fully saturated rings. The number of methoxy groups -OCH3 is 1. The molecule has 124 valence electrons. The second-order valence-electron chi connectivity index (χ2n) is 5.63. The third kappa shape index (κ3) is 4.07. The minimum Gasteiger partial charge on any atom is -0.497 e. The normalized spacial score (nSPS) is 19.7. The zero-order valence-corrected chi connectivity index (χ0v) is 16.8. The largest absolute Gasteiger partial charge is 0.497 e. The molecule has 1 unspecified atom stereocenters. The predicted molar refractivity (Wildman–Crippen MR) is 99.1 cm³/mol. The Kier molecular flexibility index (Phi) is 5.74. The lowest BCUT2D eigenvalue weighted by Gasteiger charge is -2.32. The van der Waals surface area contributed by atoms with E-state index < -0.39 is 9.15 Å². The van der Waals surface area contributed by atoms with Gasteiger partial charge in [0.15, 0.2) is 0 Å². The van der Waals surface area contributed by atoms with E-state index in [9.17, 15) is 4.79 Å². The van der Waals surface area contributed by atoms with Crippen LogP contribution in [0.15, 0.2) is 41.7 Å². The van der Waals surface area contributed by atoms with Gasteiger partial charge in [-0.25, -0.2) is 0 Å². The van der Waals surface area contributed by atoms with Gasteiger partial charge in [0.05, 0.1) is 7.11 Å². The zero-order valence-electron chi connectivity index (χ0n) is 13.7. The average molecular weight is 444 g/mol. The highest BCUT2D eigenvalue weighted by Gasteiger charge is 2.44. The van der Waals surface area contributed by atoms with Crippen molar-refractivity contribution in [2.75, 3.05) is 7.11 Å². The summed E-state index contributed by atoms with van der Waals surface area (Å²) in [5.74, 6) is 0.449. The van der Waals surface area contributed by atoms with Gasteiger partial charge in [-0.05, 0) is 55.2 Å². The Morgan fingerprint density at radius 3 is 2.35 bits per heavy atom. The molecule has 0 saturated heterocycles. The molecule has 0 N–H and O–H groups in total. The summed E-state index contributed by atoms with van der Waals surface area (Å²) in [6.07, 6.45) is 4.42. The summed E-state index contributed by atoms with van der Waals surface area (Å²) < 4.78 is 10.4. The molecule has 23 heavy (non-hydrogen) atoms. The number of halogens is 2. The van der Waals surface area contributed by atoms with E-state index in [1.165, 1.54) is 0 Å². The molecular weight excluding hydrogens is 424 g/mol. The molecule has 1 aromatic rings. The molecule has 0 amide bonds. The first-order valence-corrected chi connectivity index (χ1v) is 9.01. The number of esters is 1. The lowest BCUT2D eigenvalue weighted by Crippen LogP contribution is -2.37. The molecule has 0 bridgehead atoms. The Morgan fingerprint density at radius 1 is 1.22 bits per heavy atom. The van der Waals surface area contributed by atoms with Crippen molar-refractivity contribution in [1.82, 2.24) is 0 Å². The third-order valence-electron chi connectivity index (χ3n) is 3.76. The number of hydrogen-bond donors (Lipinski definition) is 0. The summed E-state index contributed by atoms with van der Waals surface area (Å²) in [4.78, 5) is 12.8. The van der Waals surface area contributed by atoms with Gasteiger partial charge in [0.1, 0.15) is 20.7 Å². The smallest absolute Gasteiger partial charge is 0.321 e. The van der Waals surface area contributed by atoms with E-state index in [2.05, 4.69) is 31.9 Å². The fourth-order valence-corrected chi connectivity index (χ4v) is 4.00. The van der Waals surface area contributed by atoms with Crippen LogP contribution in [0.3, 0.4) is 0 Å². The molecular formula is C18H20Br2O3. The van der Waals surface area contributed by atoms with Gasteiger partial charge in [-0.15, -0.1) is 0 Å². The summed E-state index contributed by atoms with van der Waals surface area (Å²) in [6.45, 7) is 5.96. The third-order valence-corrected chi connectivity index (χ3v) is 5.20. The second kappa shape index (κ2) is 7.22. The monoisotopic (exact) mass is 442 g/mol. The molecule has 0 aromatic heterocycles. The molecule has 0 aliphatic heterocycles. The SMILES string of the molecule is CCC1=C(OC)C=CC(Br)(Br)C1C(=O)Oc1cc(C)cc(C)c1. The highest BCUT2D eigenvalue weighted by Crippen LogP contribution is 2.46. The average Bonchev–Trinajstić information content (AvgIpc) is 2.44. The van der Waals surface area contributed by atoms with Crippen molar-refractivity contribution in [3.8, 4) is 5.75 Å². The van der Waals surface area contributed by atoms with Crippen molar-refractivity contribution >= 4 is 37.8 Å². The fourth-order valence-electron chi connectivity index (χ4n) is 2.81. The van der Waals surface area contributed by atoms with Crippen LogP contribution in [-0.2, 0) is 9.53 Å². The van der Waals surface area contributed by atoms with Gasteiger partial charge in [-0.3, -0.25) is 4.79 Å². The minimum atomic E-state index is -0.677. The molecule has 1 aliphatic carbocycles. The van der Waals surface area contributed by atoms with E-state index >= 15 is 0 Å². The van der Waals surface area contributed by atoms with Gasteiger partial charge in [0.2, 0.25) is 0 Å². The molecule has 0 spiro atoms. The van der Waals surface area contributed by atoms with Crippen LogP contribution in [0.25, 0.3) is 0 Å². The van der Waals surface area contributed by atoms with E-state index in [1.54, 1.807) is 7.11 Å². The highest BCUT2D eigenvalue weighted by atomic mass is 79.9. The van der Waals surface area contributed by atoms with Crippen molar-refractivity contribution in [1.29, 1.82) is 0 Å². The van der Waals surface area contributed by atoms with Crippen LogP contribution in [0.4, 0.5) is 0 Å². The van der Waals surface area contributed by atoms with Gasteiger partial charge in [-0.2, -0.15) is 0 Å². The number of alkyl halides is 2. The van der Waals surface area contributed by atoms with Gasteiger partial charge < -0.3 is 9.47 Å². The summed E-state index contributed by atoms with van der Waals surface area (Å²) in [7, 11) is 1.61. The first-order chi connectivity index (χ1) is 10.8. The Balaban J connectivity index is 2.35. The maximum absolute atomic E-state index is 12.8. The van der Waals surface area contributed by atoms with Crippen LogP contribution < -0.4 is 4.74 Å². The Bertz CT molecular complexity index is 655. The van der Waals surface area contributed by atoms with Crippen molar-refractivity contribution in [2.45, 2.75) is 30.4 Å². The lowest BCUT2D eigenvalue weighted by molar-refractivity contribution is -0.137. The molecule has 1 aliphatic rings. The van der Waals surface area contributed by atoms with Crippen LogP contribution in [0.1, 0.15) is 24.5 Å². The first kappa shape index (κ1) is 18.3. The number of ether oxygens (including phenoxy) is 2. The fraction of sp³-hybridized carbons (Fsp3) is 0.389. The maximum Gasteiger partial charge on any atom is 0.321 e. The van der Waals surface area contributed by atoms with Crippen LogP contribution in [0.2, 0.25) is 0 Å². The predicted octanol–water partition coefficient (Wildman–Crippen LogP) is 5.19. The van der Waals surface area contributed by atoms with Crippen LogP contribution >= 0.6 is 31.9 Å². The Labute approximate surface area is 154 Å². The van der Waals surface area contributed by atoms with Gasteiger partial charge in [0.25, 0.3) is 0 Å². The summed E-state index contributed by atoms with van der Waals surface area (Å²) >= 11 is 7.16. The number of benzene rings is 1. The molecule has 1 atom stereocenters. The minimum absolute atomic E-state index is 0.320. The van der Waals surface area contributed by atoms with Crippen LogP contribution in [0.5, 0.6) is 5.75 Å². The van der Waals surface area contributed by atoms with E-state index in [0.717, 1.165) is 16.7 Å².